The molecule has 0 aliphatic rings. The van der Waals surface area contributed by atoms with Gasteiger partial charge in [0.25, 0.3) is 0 Å². The molecule has 2 aromatic rings. The van der Waals surface area contributed by atoms with E-state index in [1.165, 1.54) is 0 Å². The van der Waals surface area contributed by atoms with Gasteiger partial charge in [0.15, 0.2) is 0 Å². The quantitative estimate of drug-likeness (QED) is 0.793. The molecule has 1 aromatic carbocycles. The molecule has 0 radical (unpaired) electrons. The summed E-state index contributed by atoms with van der Waals surface area (Å²) >= 11 is 7.00. The second kappa shape index (κ2) is 6.63. The van der Waals surface area contributed by atoms with E-state index in [-0.39, 0.29) is 0 Å². The highest BCUT2D eigenvalue weighted by molar-refractivity contribution is 9.11. The van der Waals surface area contributed by atoms with Crippen molar-refractivity contribution in [2.24, 2.45) is 0 Å². The van der Waals surface area contributed by atoms with Gasteiger partial charge < -0.3 is 10.1 Å². The Morgan fingerprint density at radius 3 is 2.70 bits per heavy atom. The van der Waals surface area contributed by atoms with Crippen molar-refractivity contribution in [2.75, 3.05) is 12.4 Å². The summed E-state index contributed by atoms with van der Waals surface area (Å²) in [7, 11) is 1.67. The fourth-order valence-electron chi connectivity index (χ4n) is 1.88. The number of benzene rings is 1. The summed E-state index contributed by atoms with van der Waals surface area (Å²) in [4.78, 5) is 0. The van der Waals surface area contributed by atoms with Gasteiger partial charge >= 0.3 is 0 Å². The number of nitrogens with zero attached hydrogens (tertiary/aromatic N) is 2. The van der Waals surface area contributed by atoms with Gasteiger partial charge in [0, 0.05) is 28.8 Å². The molecular formula is C14H17Br2N3O. The summed E-state index contributed by atoms with van der Waals surface area (Å²) in [5, 5.41) is 7.67. The third kappa shape index (κ3) is 3.55. The third-order valence-corrected chi connectivity index (χ3v) is 3.95. The number of nitrogens with one attached hydrogen (secondary N) is 1. The number of aromatic nitrogens is 2. The van der Waals surface area contributed by atoms with Gasteiger partial charge in [-0.3, -0.25) is 4.68 Å². The molecule has 1 aromatic heterocycles. The molecule has 20 heavy (non-hydrogen) atoms. The molecule has 0 saturated heterocycles. The molecule has 1 N–H and O–H groups in total. The Morgan fingerprint density at radius 1 is 1.35 bits per heavy atom. The van der Waals surface area contributed by atoms with E-state index < -0.39 is 0 Å². The Balaban J connectivity index is 2.13. The third-order valence-electron chi connectivity index (χ3n) is 2.90. The molecule has 0 unspecified atom stereocenters. The first-order valence-electron chi connectivity index (χ1n) is 6.31. The highest BCUT2D eigenvalue weighted by Gasteiger charge is 2.10. The number of ether oxygens (including phenoxy) is 1. The van der Waals surface area contributed by atoms with E-state index in [1.54, 1.807) is 7.11 Å². The van der Waals surface area contributed by atoms with Crippen molar-refractivity contribution in [1.82, 2.24) is 9.78 Å². The average molecular weight is 403 g/mol. The molecule has 0 atom stereocenters. The molecule has 0 saturated carbocycles. The number of anilines is 1. The van der Waals surface area contributed by atoms with Gasteiger partial charge in [-0.2, -0.15) is 5.10 Å². The van der Waals surface area contributed by atoms with Gasteiger partial charge in [0.1, 0.15) is 5.75 Å². The Hall–Kier alpha value is -1.01. The predicted octanol–water partition coefficient (Wildman–Crippen LogP) is 4.61. The van der Waals surface area contributed by atoms with Crippen LogP contribution in [0.25, 0.3) is 0 Å². The van der Waals surface area contributed by atoms with Crippen LogP contribution in [-0.4, -0.2) is 16.9 Å². The molecule has 2 rings (SSSR count). The summed E-state index contributed by atoms with van der Waals surface area (Å²) in [6.45, 7) is 4.88. The minimum Gasteiger partial charge on any atom is -0.495 e. The van der Waals surface area contributed by atoms with Crippen molar-refractivity contribution in [3.63, 3.8) is 0 Å². The lowest BCUT2D eigenvalue weighted by Gasteiger charge is -2.12. The number of rotatable bonds is 5. The smallest absolute Gasteiger partial charge is 0.138 e. The lowest BCUT2D eigenvalue weighted by Crippen LogP contribution is -2.02. The van der Waals surface area contributed by atoms with E-state index in [0.29, 0.717) is 12.6 Å². The minimum absolute atomic E-state index is 0.361. The van der Waals surface area contributed by atoms with Gasteiger partial charge in [-0.05, 0) is 41.9 Å². The van der Waals surface area contributed by atoms with Crippen LogP contribution in [0.3, 0.4) is 0 Å². The second-order valence-corrected chi connectivity index (χ2v) is 6.51. The van der Waals surface area contributed by atoms with Crippen molar-refractivity contribution in [3.8, 4) is 5.75 Å². The van der Waals surface area contributed by atoms with Crippen LogP contribution >= 0.6 is 31.9 Å². The van der Waals surface area contributed by atoms with Crippen LogP contribution in [0.1, 0.15) is 25.5 Å². The van der Waals surface area contributed by atoms with Crippen molar-refractivity contribution >= 4 is 37.5 Å². The van der Waals surface area contributed by atoms with Crippen LogP contribution in [0.2, 0.25) is 0 Å². The molecule has 4 nitrogen and oxygen atoms in total. The molecular weight excluding hydrogens is 386 g/mol. The molecule has 0 spiro atoms. The molecule has 1 heterocycles. The first-order valence-corrected chi connectivity index (χ1v) is 7.89. The first-order chi connectivity index (χ1) is 9.51. The number of hydrogen-bond donors (Lipinski definition) is 1. The lowest BCUT2D eigenvalue weighted by atomic mass is 10.2. The minimum atomic E-state index is 0.361. The fourth-order valence-corrected chi connectivity index (χ4v) is 3.36. The first kappa shape index (κ1) is 15.4. The van der Waals surface area contributed by atoms with Crippen LogP contribution in [0.5, 0.6) is 5.75 Å². The number of methoxy groups -OCH3 is 1. The maximum absolute atomic E-state index is 5.43. The van der Waals surface area contributed by atoms with Gasteiger partial charge in [0.2, 0.25) is 0 Å². The molecule has 0 aliphatic heterocycles. The van der Waals surface area contributed by atoms with Gasteiger partial charge in [-0.1, -0.05) is 15.9 Å². The second-order valence-electron chi connectivity index (χ2n) is 4.74. The van der Waals surface area contributed by atoms with Crippen molar-refractivity contribution in [2.45, 2.75) is 26.4 Å². The Bertz CT molecular complexity index is 596. The van der Waals surface area contributed by atoms with E-state index in [1.807, 2.05) is 29.2 Å². The Morgan fingerprint density at radius 2 is 2.10 bits per heavy atom. The van der Waals surface area contributed by atoms with Crippen LogP contribution in [0, 0.1) is 0 Å². The monoisotopic (exact) mass is 401 g/mol. The standard InChI is InChI=1S/C14H17Br2N3O/c1-9(2)19-8-12(7-18-19)17-6-10-4-11(15)5-13(16)14(10)20-3/h4-5,7-9,17H,6H2,1-3H3. The summed E-state index contributed by atoms with van der Waals surface area (Å²) in [5.74, 6) is 0.844. The highest BCUT2D eigenvalue weighted by Crippen LogP contribution is 2.33. The van der Waals surface area contributed by atoms with Crippen molar-refractivity contribution in [1.29, 1.82) is 0 Å². The summed E-state index contributed by atoms with van der Waals surface area (Å²) < 4.78 is 9.31. The average Bonchev–Trinajstić information content (AvgIpc) is 2.84. The zero-order valence-electron chi connectivity index (χ0n) is 11.7. The zero-order valence-corrected chi connectivity index (χ0v) is 14.8. The molecule has 0 bridgehead atoms. The van der Waals surface area contributed by atoms with Crippen LogP contribution in [0.4, 0.5) is 5.69 Å². The number of halogens is 2. The van der Waals surface area contributed by atoms with Crippen LogP contribution in [0.15, 0.2) is 33.5 Å². The lowest BCUT2D eigenvalue weighted by molar-refractivity contribution is 0.407. The maximum Gasteiger partial charge on any atom is 0.138 e. The fraction of sp³-hybridized carbons (Fsp3) is 0.357. The summed E-state index contributed by atoms with van der Waals surface area (Å²) in [5.41, 5.74) is 2.07. The SMILES string of the molecule is COc1c(Br)cc(Br)cc1CNc1cnn(C(C)C)c1. The normalized spacial score (nSPS) is 10.9. The van der Waals surface area contributed by atoms with Crippen LogP contribution < -0.4 is 10.1 Å². The van der Waals surface area contributed by atoms with Gasteiger partial charge in [-0.15, -0.1) is 0 Å². The van der Waals surface area contributed by atoms with Crippen LogP contribution in [-0.2, 0) is 6.54 Å². The predicted molar refractivity (Wildman–Crippen MR) is 88.3 cm³/mol. The van der Waals surface area contributed by atoms with E-state index >= 15 is 0 Å². The van der Waals surface area contributed by atoms with E-state index in [0.717, 1.165) is 25.9 Å². The number of hydrogen-bond acceptors (Lipinski definition) is 3. The van der Waals surface area contributed by atoms with E-state index in [2.05, 4.69) is 56.1 Å². The van der Waals surface area contributed by atoms with Gasteiger partial charge in [0.05, 0.1) is 23.5 Å². The molecule has 6 heteroatoms. The van der Waals surface area contributed by atoms with Gasteiger partial charge in [-0.25, -0.2) is 0 Å². The van der Waals surface area contributed by atoms with Crippen molar-refractivity contribution in [3.05, 3.63) is 39.0 Å². The summed E-state index contributed by atoms with van der Waals surface area (Å²) in [6.07, 6.45) is 3.84. The summed E-state index contributed by atoms with van der Waals surface area (Å²) in [6, 6.07) is 4.38. The van der Waals surface area contributed by atoms with Crippen molar-refractivity contribution < 1.29 is 4.74 Å². The largest absolute Gasteiger partial charge is 0.495 e. The van der Waals surface area contributed by atoms with E-state index in [4.69, 9.17) is 4.74 Å². The maximum atomic E-state index is 5.43. The molecule has 0 fully saturated rings. The molecule has 108 valence electrons. The van der Waals surface area contributed by atoms with E-state index in [9.17, 15) is 0 Å². The molecule has 0 amide bonds. The molecule has 0 aliphatic carbocycles. The Labute approximate surface area is 135 Å². The highest BCUT2D eigenvalue weighted by atomic mass is 79.9. The topological polar surface area (TPSA) is 39.1 Å². The zero-order chi connectivity index (χ0) is 14.7. The Kier molecular flexibility index (Phi) is 5.10.